The summed E-state index contributed by atoms with van der Waals surface area (Å²) in [5, 5.41) is 0. The molecule has 3 nitrogen and oxygen atoms in total. The van der Waals surface area contributed by atoms with Crippen LogP contribution in [0.2, 0.25) is 0 Å². The molecular weight excluding hydrogens is 372 g/mol. The van der Waals surface area contributed by atoms with Crippen LogP contribution in [-0.2, 0) is 0 Å². The van der Waals surface area contributed by atoms with Crippen molar-refractivity contribution in [2.75, 3.05) is 0 Å². The molecule has 3 rings (SSSR count). The summed E-state index contributed by atoms with van der Waals surface area (Å²) in [7, 11) is 0. The summed E-state index contributed by atoms with van der Waals surface area (Å²) in [5.74, 6) is 1.13. The maximum Gasteiger partial charge on any atom is 0.157 e. The van der Waals surface area contributed by atoms with Gasteiger partial charge in [0.2, 0.25) is 0 Å². The zero-order chi connectivity index (χ0) is 21.2. The van der Waals surface area contributed by atoms with Crippen molar-refractivity contribution in [1.82, 2.24) is 0 Å². The molecule has 0 aliphatic heterocycles. The highest BCUT2D eigenvalue weighted by Gasteiger charge is 2.19. The molecule has 2 atom stereocenters. The quantitative estimate of drug-likeness (QED) is 0.315. The lowest BCUT2D eigenvalue weighted by Gasteiger charge is -2.23. The fourth-order valence-electron chi connectivity index (χ4n) is 3.60. The maximum absolute atomic E-state index is 12.0. The Balaban J connectivity index is 1.89. The smallest absolute Gasteiger partial charge is 0.157 e. The molecule has 30 heavy (non-hydrogen) atoms. The van der Waals surface area contributed by atoms with Crippen molar-refractivity contribution in [3.8, 4) is 11.5 Å². The van der Waals surface area contributed by atoms with Crippen LogP contribution in [0, 0.1) is 0 Å². The van der Waals surface area contributed by atoms with Gasteiger partial charge in [0.15, 0.2) is 6.29 Å². The molecule has 0 spiro atoms. The number of hydrogen-bond acceptors (Lipinski definition) is 3. The summed E-state index contributed by atoms with van der Waals surface area (Å²) in [5.41, 5.74) is 2.68. The minimum absolute atomic E-state index is 0.106. The molecule has 0 aromatic heterocycles. The minimum atomic E-state index is -0.106. The topological polar surface area (TPSA) is 35.5 Å². The predicted octanol–water partition coefficient (Wildman–Crippen LogP) is 7.34. The van der Waals surface area contributed by atoms with Crippen LogP contribution in [0.15, 0.2) is 78.9 Å². The van der Waals surface area contributed by atoms with Crippen LogP contribution in [0.25, 0.3) is 0 Å². The third kappa shape index (κ3) is 5.50. The van der Waals surface area contributed by atoms with Crippen LogP contribution in [0.5, 0.6) is 11.5 Å². The Labute approximate surface area is 179 Å². The van der Waals surface area contributed by atoms with Crippen LogP contribution in [0.4, 0.5) is 0 Å². The van der Waals surface area contributed by atoms with Crippen molar-refractivity contribution in [3.05, 3.63) is 95.6 Å². The van der Waals surface area contributed by atoms with Gasteiger partial charge in [-0.1, -0.05) is 93.4 Å². The average Bonchev–Trinajstić information content (AvgIpc) is 2.80. The summed E-state index contributed by atoms with van der Waals surface area (Å²) in [6.07, 6.45) is 4.34. The van der Waals surface area contributed by atoms with Gasteiger partial charge in [0.05, 0.1) is 5.56 Å². The third-order valence-corrected chi connectivity index (χ3v) is 5.13. The van der Waals surface area contributed by atoms with Gasteiger partial charge >= 0.3 is 0 Å². The molecular formula is C27H30O3. The Morgan fingerprint density at radius 3 is 1.47 bits per heavy atom. The molecule has 0 unspecified atom stereocenters. The summed E-state index contributed by atoms with van der Waals surface area (Å²) in [6.45, 7) is 4.27. The lowest BCUT2D eigenvalue weighted by atomic mass is 10.0. The van der Waals surface area contributed by atoms with Gasteiger partial charge in [-0.05, 0) is 36.1 Å². The van der Waals surface area contributed by atoms with Gasteiger partial charge < -0.3 is 9.47 Å². The Kier molecular flexibility index (Phi) is 8.08. The van der Waals surface area contributed by atoms with Crippen molar-refractivity contribution >= 4 is 6.29 Å². The molecule has 0 heterocycles. The fraction of sp³-hybridized carbons (Fsp3) is 0.296. The van der Waals surface area contributed by atoms with E-state index in [0.717, 1.165) is 43.1 Å². The number of ether oxygens (including phenoxy) is 2. The molecule has 3 aromatic rings. The number of rotatable bonds is 11. The van der Waals surface area contributed by atoms with Gasteiger partial charge in [-0.25, -0.2) is 0 Å². The number of benzene rings is 3. The summed E-state index contributed by atoms with van der Waals surface area (Å²) in [6, 6.07) is 25.9. The van der Waals surface area contributed by atoms with Gasteiger partial charge in [0.1, 0.15) is 23.7 Å². The standard InChI is InChI=1S/C27H30O3/c1-3-12-24(21-14-7-5-8-15-21)29-26-18-11-19-27(23(26)20-28)30-25(13-4-2)22-16-9-6-10-17-22/h5-11,14-20,24-25H,3-4,12-13H2,1-2H3/t24-,25-/m1/s1. The Morgan fingerprint density at radius 1 is 0.667 bits per heavy atom. The molecule has 0 radical (unpaired) electrons. The Hall–Kier alpha value is -3.07. The van der Waals surface area contributed by atoms with Crippen molar-refractivity contribution in [2.45, 2.75) is 51.7 Å². The highest BCUT2D eigenvalue weighted by molar-refractivity contribution is 5.83. The van der Waals surface area contributed by atoms with Gasteiger partial charge in [0, 0.05) is 0 Å². The molecule has 0 saturated heterocycles. The number of aldehydes is 1. The molecule has 0 bridgehead atoms. The van der Waals surface area contributed by atoms with E-state index < -0.39 is 0 Å². The zero-order valence-corrected chi connectivity index (χ0v) is 17.8. The lowest BCUT2D eigenvalue weighted by Crippen LogP contribution is -2.11. The molecule has 0 saturated carbocycles. The predicted molar refractivity (Wildman–Crippen MR) is 121 cm³/mol. The second-order valence-corrected chi connectivity index (χ2v) is 7.40. The zero-order valence-electron chi connectivity index (χ0n) is 17.8. The molecule has 156 valence electrons. The number of hydrogen-bond donors (Lipinski definition) is 0. The van der Waals surface area contributed by atoms with E-state index in [4.69, 9.17) is 9.47 Å². The summed E-state index contributed by atoms with van der Waals surface area (Å²) >= 11 is 0. The largest absolute Gasteiger partial charge is 0.485 e. The van der Waals surface area contributed by atoms with Crippen molar-refractivity contribution in [2.24, 2.45) is 0 Å². The minimum Gasteiger partial charge on any atom is -0.485 e. The van der Waals surface area contributed by atoms with E-state index in [2.05, 4.69) is 38.1 Å². The number of carbonyl (C=O) groups excluding carboxylic acids is 1. The van der Waals surface area contributed by atoms with E-state index in [1.165, 1.54) is 0 Å². The van der Waals surface area contributed by atoms with E-state index >= 15 is 0 Å². The molecule has 0 fully saturated rings. The highest BCUT2D eigenvalue weighted by Crippen LogP contribution is 2.35. The van der Waals surface area contributed by atoms with E-state index in [1.807, 2.05) is 54.6 Å². The first kappa shape index (κ1) is 21.6. The monoisotopic (exact) mass is 402 g/mol. The summed E-state index contributed by atoms with van der Waals surface area (Å²) < 4.78 is 12.7. The Bertz CT molecular complexity index is 836. The van der Waals surface area contributed by atoms with Crippen molar-refractivity contribution < 1.29 is 14.3 Å². The Morgan fingerprint density at radius 2 is 1.10 bits per heavy atom. The molecule has 0 N–H and O–H groups in total. The van der Waals surface area contributed by atoms with Crippen molar-refractivity contribution in [3.63, 3.8) is 0 Å². The first-order valence-corrected chi connectivity index (χ1v) is 10.8. The van der Waals surface area contributed by atoms with E-state index in [1.54, 1.807) is 0 Å². The molecule has 0 aliphatic rings. The van der Waals surface area contributed by atoms with Gasteiger partial charge in [-0.15, -0.1) is 0 Å². The van der Waals surface area contributed by atoms with Crippen LogP contribution in [-0.4, -0.2) is 6.29 Å². The lowest BCUT2D eigenvalue weighted by molar-refractivity contribution is 0.110. The van der Waals surface area contributed by atoms with Crippen molar-refractivity contribution in [1.29, 1.82) is 0 Å². The highest BCUT2D eigenvalue weighted by atomic mass is 16.5. The van der Waals surface area contributed by atoms with E-state index in [0.29, 0.717) is 17.1 Å². The molecule has 0 aliphatic carbocycles. The van der Waals surface area contributed by atoms with Gasteiger partial charge in [-0.2, -0.15) is 0 Å². The SMILES string of the molecule is CCC[C@@H](Oc1cccc(O[C@H](CCC)c2ccccc2)c1C=O)c1ccccc1. The fourth-order valence-corrected chi connectivity index (χ4v) is 3.60. The average molecular weight is 403 g/mol. The van der Waals surface area contributed by atoms with Crippen LogP contribution < -0.4 is 9.47 Å². The normalized spacial score (nSPS) is 12.7. The maximum atomic E-state index is 12.0. The molecule has 3 heteroatoms. The summed E-state index contributed by atoms with van der Waals surface area (Å²) in [4.78, 5) is 12.0. The van der Waals surface area contributed by atoms with Crippen LogP contribution in [0.1, 0.15) is 73.2 Å². The number of carbonyl (C=O) groups is 1. The second-order valence-electron chi connectivity index (χ2n) is 7.40. The molecule has 3 aromatic carbocycles. The molecule has 0 amide bonds. The van der Waals surface area contributed by atoms with Crippen LogP contribution in [0.3, 0.4) is 0 Å². The van der Waals surface area contributed by atoms with Gasteiger partial charge in [-0.3, -0.25) is 4.79 Å². The third-order valence-electron chi connectivity index (χ3n) is 5.13. The van der Waals surface area contributed by atoms with Gasteiger partial charge in [0.25, 0.3) is 0 Å². The van der Waals surface area contributed by atoms with Crippen LogP contribution >= 0.6 is 0 Å². The second kappa shape index (κ2) is 11.2. The first-order chi connectivity index (χ1) is 14.8. The van der Waals surface area contributed by atoms with E-state index in [9.17, 15) is 4.79 Å². The van der Waals surface area contributed by atoms with E-state index in [-0.39, 0.29) is 12.2 Å². The first-order valence-electron chi connectivity index (χ1n) is 10.8.